The Morgan fingerprint density at radius 3 is 1.97 bits per heavy atom. The van der Waals surface area contributed by atoms with Gasteiger partial charge in [-0.05, 0) is 61.1 Å². The van der Waals surface area contributed by atoms with Gasteiger partial charge in [0.25, 0.3) is 0 Å². The number of aryl methyl sites for hydroxylation is 2. The second-order valence-corrected chi connectivity index (χ2v) is 8.16. The molecular formula is C25H34O5. The Hall–Kier alpha value is -2.08. The molecule has 1 aliphatic heterocycles. The van der Waals surface area contributed by atoms with Gasteiger partial charge in [0.05, 0.1) is 13.2 Å². The van der Waals surface area contributed by atoms with Gasteiger partial charge in [0.2, 0.25) is 0 Å². The van der Waals surface area contributed by atoms with E-state index >= 15 is 0 Å². The molecule has 1 aliphatic rings. The lowest BCUT2D eigenvalue weighted by molar-refractivity contribution is 0.0534. The first-order valence-corrected chi connectivity index (χ1v) is 10.8. The third-order valence-electron chi connectivity index (χ3n) is 6.13. The molecule has 5 heteroatoms. The molecule has 0 bridgehead atoms. The van der Waals surface area contributed by atoms with Crippen LogP contribution < -0.4 is 9.47 Å². The molecule has 2 aromatic carbocycles. The van der Waals surface area contributed by atoms with E-state index < -0.39 is 6.10 Å². The summed E-state index contributed by atoms with van der Waals surface area (Å²) < 4.78 is 16.8. The first-order chi connectivity index (χ1) is 14.4. The van der Waals surface area contributed by atoms with Gasteiger partial charge < -0.3 is 24.4 Å². The van der Waals surface area contributed by atoms with Crippen LogP contribution in [0.4, 0.5) is 0 Å². The number of aliphatic hydroxyl groups is 2. The van der Waals surface area contributed by atoms with Crippen LogP contribution in [0, 0.1) is 13.8 Å². The maximum Gasteiger partial charge on any atom is 0.122 e. The normalized spacial score (nSPS) is 16.9. The van der Waals surface area contributed by atoms with Crippen LogP contribution in [-0.2, 0) is 10.2 Å². The van der Waals surface area contributed by atoms with Crippen molar-refractivity contribution in [2.45, 2.75) is 58.2 Å². The molecule has 164 valence electrons. The average molecular weight is 415 g/mol. The molecule has 2 atom stereocenters. The first kappa shape index (κ1) is 22.6. The van der Waals surface area contributed by atoms with Crippen LogP contribution in [0.5, 0.6) is 11.5 Å². The van der Waals surface area contributed by atoms with Crippen molar-refractivity contribution in [3.63, 3.8) is 0 Å². The highest BCUT2D eigenvalue weighted by Gasteiger charge is 2.32. The zero-order valence-corrected chi connectivity index (χ0v) is 18.5. The van der Waals surface area contributed by atoms with Crippen molar-refractivity contribution in [1.82, 2.24) is 0 Å². The predicted octanol–water partition coefficient (Wildman–Crippen LogP) is 3.92. The minimum absolute atomic E-state index is 0.0793. The number of benzene rings is 2. The van der Waals surface area contributed by atoms with E-state index in [-0.39, 0.29) is 24.7 Å². The van der Waals surface area contributed by atoms with Crippen molar-refractivity contribution in [1.29, 1.82) is 0 Å². The molecule has 1 heterocycles. The van der Waals surface area contributed by atoms with Crippen molar-refractivity contribution in [2.75, 3.05) is 26.4 Å². The number of epoxide rings is 1. The Kier molecular flexibility index (Phi) is 7.40. The number of ether oxygens (including phenoxy) is 3. The van der Waals surface area contributed by atoms with E-state index in [0.29, 0.717) is 6.61 Å². The quantitative estimate of drug-likeness (QED) is 0.546. The van der Waals surface area contributed by atoms with Crippen LogP contribution in [0.1, 0.15) is 48.9 Å². The van der Waals surface area contributed by atoms with Crippen LogP contribution in [0.15, 0.2) is 36.4 Å². The van der Waals surface area contributed by atoms with Crippen molar-refractivity contribution in [2.24, 2.45) is 0 Å². The van der Waals surface area contributed by atoms with Gasteiger partial charge >= 0.3 is 0 Å². The Bertz CT molecular complexity index is 839. The second kappa shape index (κ2) is 9.82. The largest absolute Gasteiger partial charge is 0.491 e. The molecule has 0 amide bonds. The monoisotopic (exact) mass is 414 g/mol. The van der Waals surface area contributed by atoms with Gasteiger partial charge in [-0.2, -0.15) is 0 Å². The number of rotatable bonds is 11. The van der Waals surface area contributed by atoms with Gasteiger partial charge in [0, 0.05) is 5.41 Å². The van der Waals surface area contributed by atoms with Gasteiger partial charge in [-0.15, -0.1) is 0 Å². The fraction of sp³-hybridized carbons (Fsp3) is 0.520. The van der Waals surface area contributed by atoms with Crippen molar-refractivity contribution < 1.29 is 24.4 Å². The summed E-state index contributed by atoms with van der Waals surface area (Å²) in [6, 6.07) is 12.8. The smallest absolute Gasteiger partial charge is 0.122 e. The summed E-state index contributed by atoms with van der Waals surface area (Å²) in [6.07, 6.45) is 1.32. The molecule has 5 nitrogen and oxygen atoms in total. The first-order valence-electron chi connectivity index (χ1n) is 10.8. The highest BCUT2D eigenvalue weighted by atomic mass is 16.6. The van der Waals surface area contributed by atoms with E-state index in [2.05, 4.69) is 51.1 Å². The van der Waals surface area contributed by atoms with E-state index in [1.807, 2.05) is 13.0 Å². The summed E-state index contributed by atoms with van der Waals surface area (Å²) in [6.45, 7) is 9.74. The van der Waals surface area contributed by atoms with E-state index in [9.17, 15) is 5.11 Å². The number of hydrogen-bond donors (Lipinski definition) is 2. The van der Waals surface area contributed by atoms with E-state index in [0.717, 1.165) is 42.1 Å². The fourth-order valence-corrected chi connectivity index (χ4v) is 4.04. The van der Waals surface area contributed by atoms with Gasteiger partial charge in [0.1, 0.15) is 36.9 Å². The van der Waals surface area contributed by atoms with Gasteiger partial charge in [-0.3, -0.25) is 0 Å². The lowest BCUT2D eigenvalue weighted by Crippen LogP contribution is -2.26. The molecule has 30 heavy (non-hydrogen) atoms. The zero-order valence-electron chi connectivity index (χ0n) is 18.5. The van der Waals surface area contributed by atoms with Crippen LogP contribution in [-0.4, -0.2) is 48.8 Å². The highest BCUT2D eigenvalue weighted by molar-refractivity contribution is 5.48. The number of aliphatic hydroxyl groups excluding tert-OH is 2. The molecule has 0 saturated carbocycles. The van der Waals surface area contributed by atoms with Crippen LogP contribution in [0.2, 0.25) is 0 Å². The maximum absolute atomic E-state index is 9.55. The summed E-state index contributed by atoms with van der Waals surface area (Å²) in [5, 5.41) is 18.5. The number of hydrogen-bond acceptors (Lipinski definition) is 5. The summed E-state index contributed by atoms with van der Waals surface area (Å²) in [5.74, 6) is 1.65. The summed E-state index contributed by atoms with van der Waals surface area (Å²) in [4.78, 5) is 0. The lowest BCUT2D eigenvalue weighted by Gasteiger charge is -2.34. The molecule has 2 aromatic rings. The molecule has 0 spiro atoms. The zero-order chi connectivity index (χ0) is 21.7. The molecule has 2 N–H and O–H groups in total. The lowest BCUT2D eigenvalue weighted by atomic mass is 9.70. The molecule has 1 saturated heterocycles. The van der Waals surface area contributed by atoms with Crippen LogP contribution >= 0.6 is 0 Å². The Morgan fingerprint density at radius 2 is 1.53 bits per heavy atom. The van der Waals surface area contributed by atoms with Crippen molar-refractivity contribution in [3.05, 3.63) is 58.7 Å². The third kappa shape index (κ3) is 4.97. The average Bonchev–Trinajstić information content (AvgIpc) is 3.58. The van der Waals surface area contributed by atoms with E-state index in [1.165, 1.54) is 11.1 Å². The standard InChI is InChI=1S/C25H34O5/c1-5-25(6-2,19-7-9-23(17(3)11-19)29-14-21(27)13-26)20-8-10-24(18(4)12-20)30-16-22-15-28-22/h7-12,21-22,26-27H,5-6,13-16H2,1-4H3. The third-order valence-corrected chi connectivity index (χ3v) is 6.13. The molecule has 3 rings (SSSR count). The minimum Gasteiger partial charge on any atom is -0.491 e. The van der Waals surface area contributed by atoms with E-state index in [4.69, 9.17) is 19.3 Å². The van der Waals surface area contributed by atoms with Crippen molar-refractivity contribution >= 4 is 0 Å². The molecule has 0 aromatic heterocycles. The maximum atomic E-state index is 9.55. The van der Waals surface area contributed by atoms with Crippen LogP contribution in [0.25, 0.3) is 0 Å². The summed E-state index contributed by atoms with van der Waals surface area (Å²) in [5.41, 5.74) is 4.58. The fourth-order valence-electron chi connectivity index (χ4n) is 4.04. The topological polar surface area (TPSA) is 71.5 Å². The van der Waals surface area contributed by atoms with Crippen LogP contribution in [0.3, 0.4) is 0 Å². The highest BCUT2D eigenvalue weighted by Crippen LogP contribution is 2.41. The second-order valence-electron chi connectivity index (χ2n) is 8.16. The van der Waals surface area contributed by atoms with Gasteiger partial charge in [-0.25, -0.2) is 0 Å². The molecule has 1 fully saturated rings. The van der Waals surface area contributed by atoms with Crippen molar-refractivity contribution in [3.8, 4) is 11.5 Å². The predicted molar refractivity (Wildman–Crippen MR) is 118 cm³/mol. The molecular weight excluding hydrogens is 380 g/mol. The Morgan fingerprint density at radius 1 is 1.00 bits per heavy atom. The van der Waals surface area contributed by atoms with Gasteiger partial charge in [-0.1, -0.05) is 38.1 Å². The summed E-state index contributed by atoms with van der Waals surface area (Å²) in [7, 11) is 0. The SMILES string of the molecule is CCC(CC)(c1ccc(OCC(O)CO)c(C)c1)c1ccc(OCC2CO2)c(C)c1. The Balaban J connectivity index is 1.86. The van der Waals surface area contributed by atoms with Gasteiger partial charge in [0.15, 0.2) is 0 Å². The summed E-state index contributed by atoms with van der Waals surface area (Å²) >= 11 is 0. The molecule has 2 unspecified atom stereocenters. The Labute approximate surface area is 179 Å². The van der Waals surface area contributed by atoms with E-state index in [1.54, 1.807) is 0 Å². The molecule has 0 aliphatic carbocycles. The minimum atomic E-state index is -0.871. The molecule has 0 radical (unpaired) electrons.